The van der Waals surface area contributed by atoms with Crippen LogP contribution in [0.2, 0.25) is 10.0 Å². The minimum absolute atomic E-state index is 0.103. The summed E-state index contributed by atoms with van der Waals surface area (Å²) in [5, 5.41) is 0.380. The second kappa shape index (κ2) is 11.5. The number of rotatable bonds is 8. The molecular formula is C26H19Cl2NO6S. The van der Waals surface area contributed by atoms with Crippen molar-refractivity contribution < 1.29 is 28.6 Å². The Hall–Kier alpha value is -3.46. The third kappa shape index (κ3) is 6.20. The van der Waals surface area contributed by atoms with Gasteiger partial charge in [-0.25, -0.2) is 4.79 Å². The van der Waals surface area contributed by atoms with Crippen molar-refractivity contribution >= 4 is 58.2 Å². The topological polar surface area (TPSA) is 82.1 Å². The number of hydrogen-bond donors (Lipinski definition) is 0. The number of carbonyl (C=O) groups is 3. The molecular weight excluding hydrogens is 525 g/mol. The molecule has 7 nitrogen and oxygen atoms in total. The van der Waals surface area contributed by atoms with E-state index in [2.05, 4.69) is 0 Å². The number of nitrogens with zero attached hydrogens (tertiary/aromatic N) is 1. The standard InChI is InChI=1S/C26H19Cl2NO6S/c1-33-19-7-3-17(4-8-19)25(31)35-22-11-2-16(14-21(22)28)15-23-24(30)29(26(32)36-23)12-13-34-20-9-5-18(27)6-10-20/h2-11,14-15H,12-13H2,1H3/b23-15-. The number of thioether (sulfide) groups is 1. The maximum atomic E-state index is 12.7. The molecule has 1 heterocycles. The van der Waals surface area contributed by atoms with Crippen LogP contribution in [0.15, 0.2) is 71.6 Å². The fourth-order valence-electron chi connectivity index (χ4n) is 3.21. The van der Waals surface area contributed by atoms with Crippen LogP contribution in [-0.4, -0.2) is 42.3 Å². The molecule has 4 rings (SSSR count). The summed E-state index contributed by atoms with van der Waals surface area (Å²) >= 11 is 13.0. The van der Waals surface area contributed by atoms with Crippen molar-refractivity contribution in [3.63, 3.8) is 0 Å². The average Bonchev–Trinajstić information content (AvgIpc) is 3.14. The lowest BCUT2D eigenvalue weighted by atomic mass is 10.2. The minimum Gasteiger partial charge on any atom is -0.497 e. The molecule has 0 saturated carbocycles. The molecule has 0 radical (unpaired) electrons. The second-order valence-corrected chi connectivity index (χ2v) is 9.28. The molecule has 1 fully saturated rings. The van der Waals surface area contributed by atoms with Crippen LogP contribution in [0, 0.1) is 0 Å². The van der Waals surface area contributed by atoms with E-state index in [4.69, 9.17) is 37.4 Å². The van der Waals surface area contributed by atoms with Gasteiger partial charge in [0.1, 0.15) is 23.9 Å². The Balaban J connectivity index is 1.38. The number of halogens is 2. The monoisotopic (exact) mass is 543 g/mol. The van der Waals surface area contributed by atoms with E-state index < -0.39 is 11.9 Å². The molecule has 0 aliphatic carbocycles. The molecule has 1 saturated heterocycles. The first-order chi connectivity index (χ1) is 17.3. The van der Waals surface area contributed by atoms with Crippen molar-refractivity contribution in [1.29, 1.82) is 0 Å². The smallest absolute Gasteiger partial charge is 0.343 e. The van der Waals surface area contributed by atoms with E-state index in [9.17, 15) is 14.4 Å². The van der Waals surface area contributed by atoms with Crippen LogP contribution in [-0.2, 0) is 4.79 Å². The van der Waals surface area contributed by atoms with Crippen LogP contribution in [0.4, 0.5) is 4.79 Å². The van der Waals surface area contributed by atoms with Crippen LogP contribution in [0.1, 0.15) is 15.9 Å². The first-order valence-corrected chi connectivity index (χ1v) is 12.2. The summed E-state index contributed by atoms with van der Waals surface area (Å²) in [5.41, 5.74) is 0.914. The summed E-state index contributed by atoms with van der Waals surface area (Å²) in [6.07, 6.45) is 1.56. The molecule has 184 valence electrons. The molecule has 0 atom stereocenters. The predicted octanol–water partition coefficient (Wildman–Crippen LogP) is 6.34. The largest absolute Gasteiger partial charge is 0.497 e. The summed E-state index contributed by atoms with van der Waals surface area (Å²) in [5.74, 6) is 0.379. The Labute approximate surface area is 221 Å². The van der Waals surface area contributed by atoms with Crippen LogP contribution >= 0.6 is 35.0 Å². The van der Waals surface area contributed by atoms with E-state index in [0.717, 1.165) is 16.7 Å². The van der Waals surface area contributed by atoms with Crippen molar-refractivity contribution in [3.8, 4) is 17.2 Å². The molecule has 3 aromatic rings. The average molecular weight is 544 g/mol. The van der Waals surface area contributed by atoms with E-state index in [1.54, 1.807) is 66.7 Å². The van der Waals surface area contributed by atoms with Crippen LogP contribution in [0.5, 0.6) is 17.2 Å². The number of esters is 1. The van der Waals surface area contributed by atoms with Gasteiger partial charge >= 0.3 is 5.97 Å². The van der Waals surface area contributed by atoms with Crippen molar-refractivity contribution in [2.75, 3.05) is 20.3 Å². The Morgan fingerprint density at radius 3 is 2.33 bits per heavy atom. The van der Waals surface area contributed by atoms with Gasteiger partial charge in [-0.2, -0.15) is 0 Å². The van der Waals surface area contributed by atoms with Gasteiger partial charge in [0.25, 0.3) is 11.1 Å². The zero-order valence-electron chi connectivity index (χ0n) is 18.9. The van der Waals surface area contributed by atoms with Crippen molar-refractivity contribution in [2.45, 2.75) is 0 Å². The first kappa shape index (κ1) is 25.6. The molecule has 3 aromatic carbocycles. The van der Waals surface area contributed by atoms with Gasteiger partial charge in [-0.05, 0) is 84.1 Å². The third-order valence-electron chi connectivity index (χ3n) is 5.05. The number of ether oxygens (including phenoxy) is 3. The van der Waals surface area contributed by atoms with E-state index in [0.29, 0.717) is 27.6 Å². The highest BCUT2D eigenvalue weighted by atomic mass is 35.5. The summed E-state index contributed by atoms with van der Waals surface area (Å²) < 4.78 is 16.0. The van der Waals surface area contributed by atoms with Gasteiger partial charge in [-0.3, -0.25) is 14.5 Å². The second-order valence-electron chi connectivity index (χ2n) is 7.44. The van der Waals surface area contributed by atoms with E-state index >= 15 is 0 Å². The van der Waals surface area contributed by atoms with E-state index in [1.807, 2.05) is 0 Å². The van der Waals surface area contributed by atoms with Crippen molar-refractivity contribution in [1.82, 2.24) is 4.90 Å². The first-order valence-electron chi connectivity index (χ1n) is 10.6. The molecule has 0 bridgehead atoms. The molecule has 0 unspecified atom stereocenters. The van der Waals surface area contributed by atoms with Gasteiger partial charge in [-0.15, -0.1) is 0 Å². The number of benzene rings is 3. The van der Waals surface area contributed by atoms with Crippen molar-refractivity contribution in [3.05, 3.63) is 92.8 Å². The maximum absolute atomic E-state index is 12.7. The Morgan fingerprint density at radius 2 is 1.67 bits per heavy atom. The van der Waals surface area contributed by atoms with E-state index in [1.165, 1.54) is 13.2 Å². The van der Waals surface area contributed by atoms with Crippen LogP contribution < -0.4 is 14.2 Å². The zero-order valence-corrected chi connectivity index (χ0v) is 21.2. The normalized spacial score (nSPS) is 14.3. The van der Waals surface area contributed by atoms with Gasteiger partial charge in [0.05, 0.1) is 29.1 Å². The number of amides is 2. The lowest BCUT2D eigenvalue weighted by molar-refractivity contribution is -0.123. The lowest BCUT2D eigenvalue weighted by Gasteiger charge is -2.13. The molecule has 1 aliphatic heterocycles. The summed E-state index contributed by atoms with van der Waals surface area (Å²) in [6.45, 7) is 0.249. The van der Waals surface area contributed by atoms with Gasteiger partial charge < -0.3 is 14.2 Å². The van der Waals surface area contributed by atoms with Gasteiger partial charge in [0.15, 0.2) is 0 Å². The van der Waals surface area contributed by atoms with E-state index in [-0.39, 0.29) is 34.1 Å². The van der Waals surface area contributed by atoms with Crippen LogP contribution in [0.3, 0.4) is 0 Å². The molecule has 2 amide bonds. The summed E-state index contributed by atoms with van der Waals surface area (Å²) in [4.78, 5) is 38.9. The highest BCUT2D eigenvalue weighted by Crippen LogP contribution is 2.34. The summed E-state index contributed by atoms with van der Waals surface area (Å²) in [7, 11) is 1.53. The maximum Gasteiger partial charge on any atom is 0.343 e. The SMILES string of the molecule is COc1ccc(C(=O)Oc2ccc(/C=C3\SC(=O)N(CCOc4ccc(Cl)cc4)C3=O)cc2Cl)cc1. The molecule has 0 spiro atoms. The Bertz CT molecular complexity index is 1330. The molecule has 10 heteroatoms. The number of carbonyl (C=O) groups excluding carboxylic acids is 3. The van der Waals surface area contributed by atoms with Crippen molar-refractivity contribution in [2.24, 2.45) is 0 Å². The summed E-state index contributed by atoms with van der Waals surface area (Å²) in [6, 6.07) is 18.0. The number of methoxy groups -OCH3 is 1. The number of imide groups is 1. The van der Waals surface area contributed by atoms with Gasteiger partial charge in [-0.1, -0.05) is 29.3 Å². The predicted molar refractivity (Wildman–Crippen MR) is 139 cm³/mol. The Morgan fingerprint density at radius 1 is 0.972 bits per heavy atom. The Kier molecular flexibility index (Phi) is 8.20. The molecule has 0 N–H and O–H groups in total. The quantitative estimate of drug-likeness (QED) is 0.186. The highest BCUT2D eigenvalue weighted by molar-refractivity contribution is 8.18. The zero-order chi connectivity index (χ0) is 25.7. The fourth-order valence-corrected chi connectivity index (χ4v) is 4.42. The molecule has 36 heavy (non-hydrogen) atoms. The lowest BCUT2D eigenvalue weighted by Crippen LogP contribution is -2.32. The number of hydrogen-bond acceptors (Lipinski definition) is 7. The molecule has 0 aromatic heterocycles. The van der Waals surface area contributed by atoms with Gasteiger partial charge in [0.2, 0.25) is 0 Å². The molecule has 1 aliphatic rings. The highest BCUT2D eigenvalue weighted by Gasteiger charge is 2.34. The van der Waals surface area contributed by atoms with Gasteiger partial charge in [0, 0.05) is 5.02 Å². The minimum atomic E-state index is -0.575. The van der Waals surface area contributed by atoms with Crippen LogP contribution in [0.25, 0.3) is 6.08 Å². The third-order valence-corrected chi connectivity index (χ3v) is 6.51. The fraction of sp³-hybridized carbons (Fsp3) is 0.115.